The van der Waals surface area contributed by atoms with E-state index in [0.29, 0.717) is 12.2 Å². The first kappa shape index (κ1) is 19.9. The number of sulfonamides is 1. The average Bonchev–Trinajstić information content (AvgIpc) is 3.04. The molecule has 0 saturated heterocycles. The van der Waals surface area contributed by atoms with E-state index in [1.165, 1.54) is 18.2 Å². The van der Waals surface area contributed by atoms with E-state index in [1.807, 2.05) is 42.0 Å². The molecule has 7 nitrogen and oxygen atoms in total. The first-order chi connectivity index (χ1) is 13.2. The van der Waals surface area contributed by atoms with Gasteiger partial charge in [0.2, 0.25) is 10.0 Å². The van der Waals surface area contributed by atoms with Crippen LogP contribution in [0.3, 0.4) is 0 Å². The zero-order valence-corrected chi connectivity index (χ0v) is 16.9. The van der Waals surface area contributed by atoms with Crippen LogP contribution >= 0.6 is 11.6 Å². The van der Waals surface area contributed by atoms with Gasteiger partial charge >= 0.3 is 0 Å². The Hall–Kier alpha value is -2.84. The number of imidazole rings is 1. The van der Waals surface area contributed by atoms with Gasteiger partial charge in [0.15, 0.2) is 0 Å². The van der Waals surface area contributed by atoms with Gasteiger partial charge in [-0.05, 0) is 36.8 Å². The van der Waals surface area contributed by atoms with Crippen molar-refractivity contribution in [3.05, 3.63) is 76.8 Å². The van der Waals surface area contributed by atoms with Crippen molar-refractivity contribution in [3.8, 4) is 5.69 Å². The summed E-state index contributed by atoms with van der Waals surface area (Å²) in [5, 5.41) is 3.01. The van der Waals surface area contributed by atoms with E-state index in [2.05, 4.69) is 15.0 Å². The molecule has 28 heavy (non-hydrogen) atoms. The van der Waals surface area contributed by atoms with Crippen molar-refractivity contribution < 1.29 is 13.2 Å². The van der Waals surface area contributed by atoms with Crippen LogP contribution in [0.2, 0.25) is 5.02 Å². The maximum Gasteiger partial charge on any atom is 0.253 e. The second kappa shape index (κ2) is 8.04. The molecular formula is C19H19ClN4O3S. The molecule has 0 spiro atoms. The summed E-state index contributed by atoms with van der Waals surface area (Å²) in [6, 6.07) is 12.1. The predicted octanol–water partition coefficient (Wildman–Crippen LogP) is 3.14. The standard InChI is InChI=1S/C19H19ClN4O3S/c1-13-21-9-10-24(13)18-6-4-3-5-14(18)12-22-19(25)16-8-7-15(11-17(16)20)23-28(2,26)27/h3-11,23H,12H2,1-2H3,(H,22,25). The SMILES string of the molecule is Cc1nccn1-c1ccccc1CNC(=O)c1ccc(NS(C)(=O)=O)cc1Cl. The molecule has 9 heteroatoms. The minimum Gasteiger partial charge on any atom is -0.348 e. The maximum absolute atomic E-state index is 12.5. The highest BCUT2D eigenvalue weighted by atomic mass is 35.5. The van der Waals surface area contributed by atoms with Gasteiger partial charge in [-0.2, -0.15) is 0 Å². The molecule has 0 fully saturated rings. The minimum absolute atomic E-state index is 0.157. The fourth-order valence-corrected chi connectivity index (χ4v) is 3.60. The van der Waals surface area contributed by atoms with Crippen LogP contribution in [0.25, 0.3) is 5.69 Å². The molecule has 2 N–H and O–H groups in total. The van der Waals surface area contributed by atoms with Gasteiger partial charge in [-0.25, -0.2) is 13.4 Å². The topological polar surface area (TPSA) is 93.1 Å². The number of aromatic nitrogens is 2. The predicted molar refractivity (Wildman–Crippen MR) is 109 cm³/mol. The van der Waals surface area contributed by atoms with Gasteiger partial charge < -0.3 is 9.88 Å². The minimum atomic E-state index is -3.42. The van der Waals surface area contributed by atoms with Crippen LogP contribution in [-0.4, -0.2) is 30.1 Å². The lowest BCUT2D eigenvalue weighted by Gasteiger charge is -2.13. The van der Waals surface area contributed by atoms with Crippen LogP contribution in [0.15, 0.2) is 54.9 Å². The molecule has 0 aliphatic rings. The number of halogens is 1. The van der Waals surface area contributed by atoms with Gasteiger partial charge in [-0.3, -0.25) is 9.52 Å². The third-order valence-electron chi connectivity index (χ3n) is 4.03. The number of amides is 1. The van der Waals surface area contributed by atoms with Crippen molar-refractivity contribution >= 4 is 33.2 Å². The molecule has 0 bridgehead atoms. The lowest BCUT2D eigenvalue weighted by Crippen LogP contribution is -2.24. The molecule has 146 valence electrons. The molecule has 1 amide bonds. The Balaban J connectivity index is 1.76. The second-order valence-corrected chi connectivity index (χ2v) is 8.38. The Bertz CT molecular complexity index is 1130. The fraction of sp³-hybridized carbons (Fsp3) is 0.158. The van der Waals surface area contributed by atoms with E-state index in [1.54, 1.807) is 6.20 Å². The lowest BCUT2D eigenvalue weighted by molar-refractivity contribution is 0.0951. The van der Waals surface area contributed by atoms with E-state index < -0.39 is 10.0 Å². The normalized spacial score (nSPS) is 11.2. The summed E-state index contributed by atoms with van der Waals surface area (Å²) in [6.45, 7) is 2.20. The number of aryl methyl sites for hydroxylation is 1. The van der Waals surface area contributed by atoms with Crippen molar-refractivity contribution in [3.63, 3.8) is 0 Å². The average molecular weight is 419 g/mol. The summed E-state index contributed by atoms with van der Waals surface area (Å²) in [6.07, 6.45) is 4.62. The molecule has 0 aliphatic heterocycles. The van der Waals surface area contributed by atoms with Gasteiger partial charge in [-0.1, -0.05) is 29.8 Å². The highest BCUT2D eigenvalue weighted by Crippen LogP contribution is 2.22. The van der Waals surface area contributed by atoms with E-state index in [0.717, 1.165) is 23.3 Å². The summed E-state index contributed by atoms with van der Waals surface area (Å²) in [7, 11) is -3.42. The first-order valence-corrected chi connectivity index (χ1v) is 10.7. The van der Waals surface area contributed by atoms with Gasteiger partial charge in [0, 0.05) is 24.6 Å². The van der Waals surface area contributed by atoms with Gasteiger partial charge in [-0.15, -0.1) is 0 Å². The Morgan fingerprint density at radius 2 is 1.96 bits per heavy atom. The first-order valence-electron chi connectivity index (χ1n) is 8.38. The summed E-state index contributed by atoms with van der Waals surface area (Å²) >= 11 is 6.16. The number of anilines is 1. The van der Waals surface area contributed by atoms with E-state index in [-0.39, 0.29) is 16.5 Å². The Kier molecular flexibility index (Phi) is 5.71. The molecular weight excluding hydrogens is 400 g/mol. The maximum atomic E-state index is 12.5. The number of benzene rings is 2. The number of carbonyl (C=O) groups is 1. The zero-order valence-electron chi connectivity index (χ0n) is 15.3. The number of carbonyl (C=O) groups excluding carboxylic acids is 1. The van der Waals surface area contributed by atoms with Crippen LogP contribution in [0.4, 0.5) is 5.69 Å². The number of nitrogens with zero attached hydrogens (tertiary/aromatic N) is 2. The van der Waals surface area contributed by atoms with Crippen molar-refractivity contribution in [2.24, 2.45) is 0 Å². The van der Waals surface area contributed by atoms with Gasteiger partial charge in [0.05, 0.1) is 22.5 Å². The molecule has 1 heterocycles. The van der Waals surface area contributed by atoms with Crippen LogP contribution in [0, 0.1) is 6.92 Å². The summed E-state index contributed by atoms with van der Waals surface area (Å²) in [5.74, 6) is 0.490. The lowest BCUT2D eigenvalue weighted by atomic mass is 10.1. The number of hydrogen-bond acceptors (Lipinski definition) is 4. The molecule has 0 radical (unpaired) electrons. The molecule has 0 saturated carbocycles. The van der Waals surface area contributed by atoms with Crippen molar-refractivity contribution in [2.45, 2.75) is 13.5 Å². The van der Waals surface area contributed by atoms with Crippen molar-refractivity contribution in [2.75, 3.05) is 11.0 Å². The summed E-state index contributed by atoms with van der Waals surface area (Å²) in [4.78, 5) is 16.8. The van der Waals surface area contributed by atoms with Crippen LogP contribution < -0.4 is 10.0 Å². The molecule has 2 aromatic carbocycles. The number of nitrogens with one attached hydrogen (secondary N) is 2. The Morgan fingerprint density at radius 3 is 2.61 bits per heavy atom. The van der Waals surface area contributed by atoms with E-state index in [9.17, 15) is 13.2 Å². The van der Waals surface area contributed by atoms with Gasteiger partial charge in [0.25, 0.3) is 5.91 Å². The monoisotopic (exact) mass is 418 g/mol. The molecule has 0 unspecified atom stereocenters. The number of rotatable bonds is 6. The van der Waals surface area contributed by atoms with Crippen molar-refractivity contribution in [1.29, 1.82) is 0 Å². The van der Waals surface area contributed by atoms with Crippen molar-refractivity contribution in [1.82, 2.24) is 14.9 Å². The molecule has 3 rings (SSSR count). The quantitative estimate of drug-likeness (QED) is 0.643. The van der Waals surface area contributed by atoms with Crippen LogP contribution in [-0.2, 0) is 16.6 Å². The van der Waals surface area contributed by atoms with Gasteiger partial charge in [0.1, 0.15) is 5.82 Å². The second-order valence-electron chi connectivity index (χ2n) is 6.22. The molecule has 1 aromatic heterocycles. The third-order valence-corrected chi connectivity index (χ3v) is 4.95. The van der Waals surface area contributed by atoms with Crippen LogP contribution in [0.1, 0.15) is 21.7 Å². The molecule has 0 aliphatic carbocycles. The van der Waals surface area contributed by atoms with E-state index >= 15 is 0 Å². The fourth-order valence-electron chi connectivity index (χ4n) is 2.78. The van der Waals surface area contributed by atoms with E-state index in [4.69, 9.17) is 11.6 Å². The Morgan fingerprint density at radius 1 is 1.21 bits per heavy atom. The smallest absolute Gasteiger partial charge is 0.253 e. The molecule has 3 aromatic rings. The summed E-state index contributed by atoms with van der Waals surface area (Å²) < 4.78 is 26.9. The highest BCUT2D eigenvalue weighted by molar-refractivity contribution is 7.92. The Labute approximate surface area is 168 Å². The highest BCUT2D eigenvalue weighted by Gasteiger charge is 2.13. The largest absolute Gasteiger partial charge is 0.348 e. The molecule has 0 atom stereocenters. The number of para-hydroxylation sites is 1. The van der Waals surface area contributed by atoms with Crippen LogP contribution in [0.5, 0.6) is 0 Å². The summed E-state index contributed by atoms with van der Waals surface area (Å²) in [5.41, 5.74) is 2.40. The zero-order chi connectivity index (χ0) is 20.3. The third kappa shape index (κ3) is 4.71. The number of hydrogen-bond donors (Lipinski definition) is 2.